The van der Waals surface area contributed by atoms with Gasteiger partial charge in [-0.3, -0.25) is 4.79 Å². The Hall–Kier alpha value is -2.42. The molecule has 0 saturated heterocycles. The Morgan fingerprint density at radius 1 is 1.10 bits per heavy atom. The maximum Gasteiger partial charge on any atom is 0.254 e. The van der Waals surface area contributed by atoms with E-state index in [4.69, 9.17) is 9.47 Å². The van der Waals surface area contributed by atoms with Crippen molar-refractivity contribution in [1.29, 1.82) is 0 Å². The van der Waals surface area contributed by atoms with Crippen molar-refractivity contribution in [3.8, 4) is 5.75 Å². The van der Waals surface area contributed by atoms with Crippen molar-refractivity contribution in [3.63, 3.8) is 0 Å². The highest BCUT2D eigenvalue weighted by molar-refractivity contribution is 7.89. The summed E-state index contributed by atoms with van der Waals surface area (Å²) in [4.78, 5) is 14.8. The smallest absolute Gasteiger partial charge is 0.254 e. The van der Waals surface area contributed by atoms with Gasteiger partial charge in [0.25, 0.3) is 5.91 Å². The summed E-state index contributed by atoms with van der Waals surface area (Å²) in [5, 5.41) is 0. The van der Waals surface area contributed by atoms with Gasteiger partial charge in [0.2, 0.25) is 10.0 Å². The standard InChI is InChI=1S/C21H28N2O5S/c1-4-13-23(16-17-8-6-5-7-9-17)21(24)18-10-11-19(28-3)20(15-18)29(25,26)22-12-14-27-2/h5-11,15,22H,4,12-14,16H2,1-3H3. The van der Waals surface area contributed by atoms with Crippen molar-refractivity contribution < 1.29 is 22.7 Å². The fraction of sp³-hybridized carbons (Fsp3) is 0.381. The van der Waals surface area contributed by atoms with Gasteiger partial charge >= 0.3 is 0 Å². The second-order valence-corrected chi connectivity index (χ2v) is 8.20. The van der Waals surface area contributed by atoms with E-state index in [-0.39, 0.29) is 29.7 Å². The van der Waals surface area contributed by atoms with Gasteiger partial charge in [-0.25, -0.2) is 13.1 Å². The van der Waals surface area contributed by atoms with E-state index < -0.39 is 10.0 Å². The molecule has 0 saturated carbocycles. The molecule has 8 heteroatoms. The molecule has 29 heavy (non-hydrogen) atoms. The summed E-state index contributed by atoms with van der Waals surface area (Å²) in [6, 6.07) is 14.1. The Bertz CT molecular complexity index is 901. The maximum atomic E-state index is 13.1. The van der Waals surface area contributed by atoms with Crippen LogP contribution in [0.5, 0.6) is 5.75 Å². The topological polar surface area (TPSA) is 84.9 Å². The molecule has 7 nitrogen and oxygen atoms in total. The van der Waals surface area contributed by atoms with Crippen LogP contribution in [-0.4, -0.2) is 53.1 Å². The first-order valence-corrected chi connectivity index (χ1v) is 10.9. The van der Waals surface area contributed by atoms with Gasteiger partial charge in [-0.15, -0.1) is 0 Å². The number of rotatable bonds is 11. The molecular weight excluding hydrogens is 392 g/mol. The molecule has 2 rings (SSSR count). The number of benzene rings is 2. The number of nitrogens with zero attached hydrogens (tertiary/aromatic N) is 1. The quantitative estimate of drug-likeness (QED) is 0.565. The van der Waals surface area contributed by atoms with E-state index in [1.54, 1.807) is 11.0 Å². The lowest BCUT2D eigenvalue weighted by molar-refractivity contribution is 0.0743. The van der Waals surface area contributed by atoms with Crippen LogP contribution in [0.1, 0.15) is 29.3 Å². The van der Waals surface area contributed by atoms with Crippen LogP contribution < -0.4 is 9.46 Å². The van der Waals surface area contributed by atoms with Gasteiger partial charge in [-0.1, -0.05) is 37.3 Å². The van der Waals surface area contributed by atoms with Crippen molar-refractivity contribution in [2.75, 3.05) is 33.9 Å². The number of ether oxygens (including phenoxy) is 2. The van der Waals surface area contributed by atoms with E-state index in [0.29, 0.717) is 18.7 Å². The lowest BCUT2D eigenvalue weighted by atomic mass is 10.1. The Labute approximate surface area is 172 Å². The van der Waals surface area contributed by atoms with Crippen molar-refractivity contribution in [2.45, 2.75) is 24.8 Å². The van der Waals surface area contributed by atoms with Crippen LogP contribution in [-0.2, 0) is 21.3 Å². The van der Waals surface area contributed by atoms with Gasteiger partial charge < -0.3 is 14.4 Å². The minimum atomic E-state index is -3.85. The van der Waals surface area contributed by atoms with Crippen LogP contribution in [0.15, 0.2) is 53.4 Å². The highest BCUT2D eigenvalue weighted by Crippen LogP contribution is 2.26. The highest BCUT2D eigenvalue weighted by Gasteiger charge is 2.23. The predicted octanol–water partition coefficient (Wildman–Crippen LogP) is 2.67. The van der Waals surface area contributed by atoms with Crippen molar-refractivity contribution in [2.24, 2.45) is 0 Å². The van der Waals surface area contributed by atoms with Crippen LogP contribution in [0.2, 0.25) is 0 Å². The highest BCUT2D eigenvalue weighted by atomic mass is 32.2. The third-order valence-corrected chi connectivity index (χ3v) is 5.78. The van der Waals surface area contributed by atoms with Gasteiger partial charge in [-0.2, -0.15) is 0 Å². The van der Waals surface area contributed by atoms with E-state index in [0.717, 1.165) is 12.0 Å². The van der Waals surface area contributed by atoms with Crippen molar-refractivity contribution in [1.82, 2.24) is 9.62 Å². The van der Waals surface area contributed by atoms with Crippen LogP contribution in [0.3, 0.4) is 0 Å². The van der Waals surface area contributed by atoms with Gasteiger partial charge in [0.1, 0.15) is 10.6 Å². The molecule has 0 unspecified atom stereocenters. The molecule has 1 amide bonds. The fourth-order valence-corrected chi connectivity index (χ4v) is 4.09. The minimum Gasteiger partial charge on any atom is -0.495 e. The molecule has 0 aliphatic heterocycles. The summed E-state index contributed by atoms with van der Waals surface area (Å²) in [6.07, 6.45) is 0.790. The largest absolute Gasteiger partial charge is 0.495 e. The molecule has 2 aromatic carbocycles. The Balaban J connectivity index is 2.33. The third-order valence-electron chi connectivity index (χ3n) is 4.30. The zero-order valence-electron chi connectivity index (χ0n) is 17.1. The maximum absolute atomic E-state index is 13.1. The average molecular weight is 421 g/mol. The first-order valence-electron chi connectivity index (χ1n) is 9.42. The molecule has 0 aliphatic carbocycles. The summed E-state index contributed by atoms with van der Waals surface area (Å²) in [5.41, 5.74) is 1.30. The number of carbonyl (C=O) groups excluding carboxylic acids is 1. The number of sulfonamides is 1. The fourth-order valence-electron chi connectivity index (χ4n) is 2.88. The number of hydrogen-bond donors (Lipinski definition) is 1. The molecule has 0 bridgehead atoms. The molecular formula is C21H28N2O5S. The molecule has 0 aromatic heterocycles. The number of nitrogens with one attached hydrogen (secondary N) is 1. The lowest BCUT2D eigenvalue weighted by Gasteiger charge is -2.23. The molecule has 0 heterocycles. The van der Waals surface area contributed by atoms with Crippen LogP contribution in [0.25, 0.3) is 0 Å². The van der Waals surface area contributed by atoms with Gasteiger partial charge in [0.15, 0.2) is 0 Å². The molecule has 2 aromatic rings. The summed E-state index contributed by atoms with van der Waals surface area (Å²) >= 11 is 0. The summed E-state index contributed by atoms with van der Waals surface area (Å²) in [6.45, 7) is 3.37. The first kappa shape index (κ1) is 22.9. The molecule has 158 valence electrons. The second kappa shape index (κ2) is 10.9. The number of amides is 1. The second-order valence-electron chi connectivity index (χ2n) is 6.47. The predicted molar refractivity (Wildman–Crippen MR) is 112 cm³/mol. The van der Waals surface area contributed by atoms with E-state index in [1.165, 1.54) is 26.4 Å². The SMILES string of the molecule is CCCN(Cc1ccccc1)C(=O)c1ccc(OC)c(S(=O)(=O)NCCOC)c1. The monoisotopic (exact) mass is 420 g/mol. The Kier molecular flexibility index (Phi) is 8.63. The van der Waals surface area contributed by atoms with Gasteiger partial charge in [0, 0.05) is 32.3 Å². The molecule has 0 fully saturated rings. The zero-order valence-corrected chi connectivity index (χ0v) is 17.9. The van der Waals surface area contributed by atoms with Crippen molar-refractivity contribution >= 4 is 15.9 Å². The van der Waals surface area contributed by atoms with Crippen molar-refractivity contribution in [3.05, 3.63) is 59.7 Å². The van der Waals surface area contributed by atoms with E-state index >= 15 is 0 Å². The lowest BCUT2D eigenvalue weighted by Crippen LogP contribution is -2.32. The van der Waals surface area contributed by atoms with E-state index in [1.807, 2.05) is 37.3 Å². The van der Waals surface area contributed by atoms with Gasteiger partial charge in [0.05, 0.1) is 13.7 Å². The molecule has 0 radical (unpaired) electrons. The molecule has 0 aliphatic rings. The van der Waals surface area contributed by atoms with Crippen LogP contribution >= 0.6 is 0 Å². The zero-order chi connectivity index (χ0) is 21.3. The molecule has 1 N–H and O–H groups in total. The molecule has 0 atom stereocenters. The normalized spacial score (nSPS) is 11.3. The number of hydrogen-bond acceptors (Lipinski definition) is 5. The summed E-state index contributed by atoms with van der Waals surface area (Å²) in [5.74, 6) is -0.0525. The number of methoxy groups -OCH3 is 2. The van der Waals surface area contributed by atoms with E-state index in [2.05, 4.69) is 4.72 Å². The first-order chi connectivity index (χ1) is 13.9. The average Bonchev–Trinajstić information content (AvgIpc) is 2.73. The number of carbonyl (C=O) groups is 1. The van der Waals surface area contributed by atoms with Crippen LogP contribution in [0.4, 0.5) is 0 Å². The minimum absolute atomic E-state index is 0.0712. The van der Waals surface area contributed by atoms with Crippen LogP contribution in [0, 0.1) is 0 Å². The summed E-state index contributed by atoms with van der Waals surface area (Å²) < 4.78 is 37.9. The van der Waals surface area contributed by atoms with Gasteiger partial charge in [-0.05, 0) is 30.2 Å². The Morgan fingerprint density at radius 2 is 1.83 bits per heavy atom. The third kappa shape index (κ3) is 6.28. The van der Waals surface area contributed by atoms with E-state index in [9.17, 15) is 13.2 Å². The summed E-state index contributed by atoms with van der Waals surface area (Å²) in [7, 11) is -0.972. The molecule has 0 spiro atoms. The Morgan fingerprint density at radius 3 is 2.45 bits per heavy atom.